The fraction of sp³-hybridized carbons (Fsp3) is 0.500. The summed E-state index contributed by atoms with van der Waals surface area (Å²) in [6, 6.07) is 6.48. The largest absolute Gasteiger partial charge is 0.355 e. The molecular weight excluding hydrogens is 290 g/mol. The summed E-state index contributed by atoms with van der Waals surface area (Å²) in [6.45, 7) is 6.72. The molecule has 1 unspecified atom stereocenters. The van der Waals surface area contributed by atoms with E-state index in [2.05, 4.69) is 10.6 Å². The van der Waals surface area contributed by atoms with E-state index in [9.17, 15) is 13.2 Å². The number of nitrogens with two attached hydrogens (primary N) is 1. The third-order valence-electron chi connectivity index (χ3n) is 3.09. The number of amides is 1. The Morgan fingerprint density at radius 1 is 1.24 bits per heavy atom. The van der Waals surface area contributed by atoms with E-state index in [1.807, 2.05) is 26.8 Å². The van der Waals surface area contributed by atoms with Gasteiger partial charge in [0.25, 0.3) is 0 Å². The van der Waals surface area contributed by atoms with E-state index >= 15 is 0 Å². The average molecular weight is 313 g/mol. The van der Waals surface area contributed by atoms with Crippen molar-refractivity contribution in [3.05, 3.63) is 29.8 Å². The maximum Gasteiger partial charge on any atom is 0.238 e. The standard InChI is InChI=1S/C14H23N3O3S/c1-10(2)14(18)17-8-7-16-11(3)12-5-4-6-13(9-12)21(15,19)20/h4-6,9-11,16H,7-8H2,1-3H3,(H,17,18)(H2,15,19,20). The number of rotatable bonds is 7. The van der Waals surface area contributed by atoms with Gasteiger partial charge in [-0.05, 0) is 24.6 Å². The summed E-state index contributed by atoms with van der Waals surface area (Å²) in [5.74, 6) is -0.0189. The quantitative estimate of drug-likeness (QED) is 0.647. The molecule has 1 aromatic rings. The van der Waals surface area contributed by atoms with Crippen LogP contribution in [0.4, 0.5) is 0 Å². The van der Waals surface area contributed by atoms with Gasteiger partial charge in [-0.2, -0.15) is 0 Å². The van der Waals surface area contributed by atoms with Gasteiger partial charge in [-0.1, -0.05) is 26.0 Å². The smallest absolute Gasteiger partial charge is 0.238 e. The average Bonchev–Trinajstić information content (AvgIpc) is 2.42. The van der Waals surface area contributed by atoms with Gasteiger partial charge in [0.15, 0.2) is 0 Å². The second kappa shape index (κ2) is 7.53. The minimum atomic E-state index is -3.69. The highest BCUT2D eigenvalue weighted by Gasteiger charge is 2.11. The van der Waals surface area contributed by atoms with Gasteiger partial charge in [-0.3, -0.25) is 4.79 Å². The van der Waals surface area contributed by atoms with Crippen molar-refractivity contribution in [1.29, 1.82) is 0 Å². The van der Waals surface area contributed by atoms with Crippen molar-refractivity contribution in [2.75, 3.05) is 13.1 Å². The Kier molecular flexibility index (Phi) is 6.32. The Hall–Kier alpha value is -1.44. The normalized spacial score (nSPS) is 13.2. The first kappa shape index (κ1) is 17.6. The van der Waals surface area contributed by atoms with Crippen LogP contribution < -0.4 is 15.8 Å². The Morgan fingerprint density at radius 3 is 2.48 bits per heavy atom. The third-order valence-corrected chi connectivity index (χ3v) is 4.00. The van der Waals surface area contributed by atoms with E-state index in [-0.39, 0.29) is 22.8 Å². The molecule has 0 radical (unpaired) electrons. The molecule has 0 aromatic heterocycles. The van der Waals surface area contributed by atoms with E-state index < -0.39 is 10.0 Å². The number of carbonyl (C=O) groups is 1. The Labute approximate surface area is 126 Å². The van der Waals surface area contributed by atoms with Crippen LogP contribution >= 0.6 is 0 Å². The summed E-state index contributed by atoms with van der Waals surface area (Å²) in [5.41, 5.74) is 0.830. The predicted octanol–water partition coefficient (Wildman–Crippen LogP) is 0.757. The van der Waals surface area contributed by atoms with Crippen LogP contribution in [-0.2, 0) is 14.8 Å². The van der Waals surface area contributed by atoms with E-state index in [0.717, 1.165) is 5.56 Å². The van der Waals surface area contributed by atoms with Crippen molar-refractivity contribution in [3.8, 4) is 0 Å². The molecule has 0 heterocycles. The monoisotopic (exact) mass is 313 g/mol. The highest BCUT2D eigenvalue weighted by molar-refractivity contribution is 7.89. The Balaban J connectivity index is 2.53. The lowest BCUT2D eigenvalue weighted by Gasteiger charge is -2.15. The topological polar surface area (TPSA) is 101 Å². The van der Waals surface area contributed by atoms with Crippen molar-refractivity contribution in [2.24, 2.45) is 11.1 Å². The molecule has 1 rings (SSSR count). The minimum Gasteiger partial charge on any atom is -0.355 e. The molecule has 0 bridgehead atoms. The van der Waals surface area contributed by atoms with Gasteiger partial charge < -0.3 is 10.6 Å². The van der Waals surface area contributed by atoms with Gasteiger partial charge in [-0.25, -0.2) is 13.6 Å². The molecule has 118 valence electrons. The van der Waals surface area contributed by atoms with Crippen molar-refractivity contribution >= 4 is 15.9 Å². The molecule has 0 saturated carbocycles. The molecule has 0 aliphatic heterocycles. The molecule has 21 heavy (non-hydrogen) atoms. The lowest BCUT2D eigenvalue weighted by Crippen LogP contribution is -2.35. The summed E-state index contributed by atoms with van der Waals surface area (Å²) in [6.07, 6.45) is 0. The van der Waals surface area contributed by atoms with Gasteiger partial charge in [-0.15, -0.1) is 0 Å². The summed E-state index contributed by atoms with van der Waals surface area (Å²) >= 11 is 0. The summed E-state index contributed by atoms with van der Waals surface area (Å²) in [4.78, 5) is 11.5. The first-order valence-electron chi connectivity index (χ1n) is 6.85. The first-order valence-corrected chi connectivity index (χ1v) is 8.40. The molecule has 0 aliphatic rings. The second-order valence-electron chi connectivity index (χ2n) is 5.24. The molecular formula is C14H23N3O3S. The molecule has 4 N–H and O–H groups in total. The fourth-order valence-corrected chi connectivity index (χ4v) is 2.33. The summed E-state index contributed by atoms with van der Waals surface area (Å²) in [5, 5.41) is 11.1. The number of carbonyl (C=O) groups excluding carboxylic acids is 1. The zero-order chi connectivity index (χ0) is 16.0. The molecule has 1 amide bonds. The highest BCUT2D eigenvalue weighted by atomic mass is 32.2. The van der Waals surface area contributed by atoms with E-state index in [1.54, 1.807) is 12.1 Å². The molecule has 6 nitrogen and oxygen atoms in total. The maximum atomic E-state index is 11.4. The number of sulfonamides is 1. The van der Waals surface area contributed by atoms with Crippen LogP contribution in [0.1, 0.15) is 32.4 Å². The van der Waals surface area contributed by atoms with E-state index in [0.29, 0.717) is 13.1 Å². The summed E-state index contributed by atoms with van der Waals surface area (Å²) in [7, 11) is -3.69. The highest BCUT2D eigenvalue weighted by Crippen LogP contribution is 2.16. The summed E-state index contributed by atoms with van der Waals surface area (Å²) < 4.78 is 22.6. The van der Waals surface area contributed by atoms with Crippen molar-refractivity contribution < 1.29 is 13.2 Å². The molecule has 0 aliphatic carbocycles. The van der Waals surface area contributed by atoms with Gasteiger partial charge in [0.2, 0.25) is 15.9 Å². The van der Waals surface area contributed by atoms with Crippen LogP contribution in [0.15, 0.2) is 29.2 Å². The number of hydrogen-bond donors (Lipinski definition) is 3. The van der Waals surface area contributed by atoms with Gasteiger partial charge in [0, 0.05) is 25.0 Å². The number of nitrogens with one attached hydrogen (secondary N) is 2. The van der Waals surface area contributed by atoms with Crippen LogP contribution in [0, 0.1) is 5.92 Å². The lowest BCUT2D eigenvalue weighted by atomic mass is 10.1. The number of benzene rings is 1. The van der Waals surface area contributed by atoms with Gasteiger partial charge in [0.05, 0.1) is 4.90 Å². The Bertz CT molecular complexity index is 585. The van der Waals surface area contributed by atoms with E-state index in [1.165, 1.54) is 6.07 Å². The SMILES string of the molecule is CC(C)C(=O)NCCNC(C)c1cccc(S(N)(=O)=O)c1. The molecule has 1 atom stereocenters. The predicted molar refractivity (Wildman–Crippen MR) is 82.1 cm³/mol. The molecule has 0 saturated heterocycles. The third kappa shape index (κ3) is 5.82. The Morgan fingerprint density at radius 2 is 1.90 bits per heavy atom. The van der Waals surface area contributed by atoms with Crippen molar-refractivity contribution in [1.82, 2.24) is 10.6 Å². The van der Waals surface area contributed by atoms with Gasteiger partial charge in [0.1, 0.15) is 0 Å². The molecule has 7 heteroatoms. The number of hydrogen-bond acceptors (Lipinski definition) is 4. The van der Waals surface area contributed by atoms with Crippen molar-refractivity contribution in [2.45, 2.75) is 31.7 Å². The number of primary sulfonamides is 1. The minimum absolute atomic E-state index is 0.0145. The van der Waals surface area contributed by atoms with E-state index in [4.69, 9.17) is 5.14 Å². The molecule has 0 spiro atoms. The second-order valence-corrected chi connectivity index (χ2v) is 6.80. The van der Waals surface area contributed by atoms with Crippen molar-refractivity contribution in [3.63, 3.8) is 0 Å². The first-order chi connectivity index (χ1) is 9.71. The van der Waals surface area contributed by atoms with Crippen LogP contribution in [-0.4, -0.2) is 27.4 Å². The van der Waals surface area contributed by atoms with Crippen LogP contribution in [0.3, 0.4) is 0 Å². The molecule has 0 fully saturated rings. The van der Waals surface area contributed by atoms with Crippen LogP contribution in [0.2, 0.25) is 0 Å². The van der Waals surface area contributed by atoms with Crippen LogP contribution in [0.25, 0.3) is 0 Å². The fourth-order valence-electron chi connectivity index (χ4n) is 1.76. The molecule has 1 aromatic carbocycles. The van der Waals surface area contributed by atoms with Gasteiger partial charge >= 0.3 is 0 Å². The maximum absolute atomic E-state index is 11.4. The van der Waals surface area contributed by atoms with Crippen LogP contribution in [0.5, 0.6) is 0 Å². The zero-order valence-corrected chi connectivity index (χ0v) is 13.4. The zero-order valence-electron chi connectivity index (χ0n) is 12.6. The lowest BCUT2D eigenvalue weighted by molar-refractivity contribution is -0.123.